The Hall–Kier alpha value is -1.85. The van der Waals surface area contributed by atoms with Gasteiger partial charge >= 0.3 is 5.97 Å². The molecule has 1 fully saturated rings. The SMILES string of the molecule is CCc1noc(C)c1C(=O)N1C[C@@H](C)[C@H](C(=O)O)C1. The van der Waals surface area contributed by atoms with Gasteiger partial charge in [0.05, 0.1) is 11.6 Å². The molecule has 0 aromatic carbocycles. The predicted octanol–water partition coefficient (Wildman–Crippen LogP) is 1.34. The fraction of sp³-hybridized carbons (Fsp3) is 0.615. The van der Waals surface area contributed by atoms with Gasteiger partial charge in [0.1, 0.15) is 11.3 Å². The first kappa shape index (κ1) is 13.6. The smallest absolute Gasteiger partial charge is 0.308 e. The zero-order valence-corrected chi connectivity index (χ0v) is 11.3. The minimum Gasteiger partial charge on any atom is -0.481 e. The molecule has 1 aliphatic heterocycles. The van der Waals surface area contributed by atoms with Crippen molar-refractivity contribution in [1.82, 2.24) is 10.1 Å². The first-order valence-electron chi connectivity index (χ1n) is 6.42. The highest BCUT2D eigenvalue weighted by Gasteiger charge is 2.38. The molecule has 19 heavy (non-hydrogen) atoms. The van der Waals surface area contributed by atoms with Crippen molar-refractivity contribution >= 4 is 11.9 Å². The summed E-state index contributed by atoms with van der Waals surface area (Å²) in [6, 6.07) is 0. The molecule has 6 heteroatoms. The van der Waals surface area contributed by atoms with Gasteiger partial charge in [0.2, 0.25) is 0 Å². The van der Waals surface area contributed by atoms with Crippen molar-refractivity contribution in [3.8, 4) is 0 Å². The third kappa shape index (κ3) is 2.34. The Bertz CT molecular complexity index is 509. The first-order chi connectivity index (χ1) is 8.95. The van der Waals surface area contributed by atoms with Crippen LogP contribution >= 0.6 is 0 Å². The van der Waals surface area contributed by atoms with E-state index in [1.807, 2.05) is 13.8 Å². The third-order valence-corrected chi connectivity index (χ3v) is 3.70. The molecule has 1 aliphatic rings. The monoisotopic (exact) mass is 266 g/mol. The van der Waals surface area contributed by atoms with Crippen LogP contribution in [0.4, 0.5) is 0 Å². The molecule has 2 heterocycles. The number of amides is 1. The van der Waals surface area contributed by atoms with E-state index < -0.39 is 11.9 Å². The summed E-state index contributed by atoms with van der Waals surface area (Å²) < 4.78 is 5.05. The van der Waals surface area contributed by atoms with Gasteiger partial charge in [-0.25, -0.2) is 0 Å². The molecule has 0 unspecified atom stereocenters. The second-order valence-electron chi connectivity index (χ2n) is 5.05. The van der Waals surface area contributed by atoms with Gasteiger partial charge in [-0.2, -0.15) is 0 Å². The molecule has 1 saturated heterocycles. The second-order valence-corrected chi connectivity index (χ2v) is 5.05. The number of carboxylic acids is 1. The number of aliphatic carboxylic acids is 1. The van der Waals surface area contributed by atoms with Gasteiger partial charge in [-0.05, 0) is 19.3 Å². The standard InChI is InChI=1S/C13H18N2O4/c1-4-10-11(8(3)19-14-10)12(16)15-5-7(2)9(6-15)13(17)18/h7,9H,4-6H2,1-3H3,(H,17,18)/t7-,9-/m1/s1. The van der Waals surface area contributed by atoms with Crippen LogP contribution in [0.15, 0.2) is 4.52 Å². The molecule has 104 valence electrons. The molecular formula is C13H18N2O4. The number of hydrogen-bond donors (Lipinski definition) is 1. The lowest BCUT2D eigenvalue weighted by molar-refractivity contribution is -0.142. The van der Waals surface area contributed by atoms with Crippen LogP contribution in [0.5, 0.6) is 0 Å². The van der Waals surface area contributed by atoms with E-state index in [1.165, 1.54) is 0 Å². The number of nitrogens with zero attached hydrogens (tertiary/aromatic N) is 2. The predicted molar refractivity (Wildman–Crippen MR) is 66.8 cm³/mol. The Labute approximate surface area is 111 Å². The fourth-order valence-electron chi connectivity index (χ4n) is 2.55. The average Bonchev–Trinajstić information content (AvgIpc) is 2.91. The number of likely N-dealkylation sites (tertiary alicyclic amines) is 1. The maximum atomic E-state index is 12.5. The van der Waals surface area contributed by atoms with Crippen LogP contribution in [-0.2, 0) is 11.2 Å². The molecule has 6 nitrogen and oxygen atoms in total. The van der Waals surface area contributed by atoms with E-state index in [0.717, 1.165) is 0 Å². The number of carbonyl (C=O) groups excluding carboxylic acids is 1. The molecule has 1 aromatic heterocycles. The van der Waals surface area contributed by atoms with Crippen LogP contribution in [0, 0.1) is 18.8 Å². The topological polar surface area (TPSA) is 83.6 Å². The zero-order chi connectivity index (χ0) is 14.2. The van der Waals surface area contributed by atoms with Crippen molar-refractivity contribution in [3.05, 3.63) is 17.0 Å². The molecule has 0 aliphatic carbocycles. The zero-order valence-electron chi connectivity index (χ0n) is 11.3. The summed E-state index contributed by atoms with van der Waals surface area (Å²) in [5.41, 5.74) is 1.12. The van der Waals surface area contributed by atoms with Crippen LogP contribution < -0.4 is 0 Å². The van der Waals surface area contributed by atoms with Gasteiger partial charge < -0.3 is 14.5 Å². The highest BCUT2D eigenvalue weighted by molar-refractivity contribution is 5.96. The lowest BCUT2D eigenvalue weighted by atomic mass is 9.99. The number of aryl methyl sites for hydroxylation is 2. The van der Waals surface area contributed by atoms with Gasteiger partial charge in [-0.1, -0.05) is 19.0 Å². The Morgan fingerprint density at radius 2 is 2.16 bits per heavy atom. The van der Waals surface area contributed by atoms with Crippen molar-refractivity contribution in [1.29, 1.82) is 0 Å². The summed E-state index contributed by atoms with van der Waals surface area (Å²) in [7, 11) is 0. The van der Waals surface area contributed by atoms with Gasteiger partial charge in [-0.15, -0.1) is 0 Å². The third-order valence-electron chi connectivity index (χ3n) is 3.70. The van der Waals surface area contributed by atoms with Crippen LogP contribution in [0.3, 0.4) is 0 Å². The number of carbonyl (C=O) groups is 2. The Morgan fingerprint density at radius 1 is 1.47 bits per heavy atom. The number of rotatable bonds is 3. The quantitative estimate of drug-likeness (QED) is 0.892. The molecule has 0 saturated carbocycles. The minimum atomic E-state index is -0.847. The summed E-state index contributed by atoms with van der Waals surface area (Å²) in [4.78, 5) is 25.1. The number of aromatic nitrogens is 1. The van der Waals surface area contributed by atoms with E-state index in [-0.39, 0.29) is 18.4 Å². The largest absolute Gasteiger partial charge is 0.481 e. The highest BCUT2D eigenvalue weighted by atomic mass is 16.5. The van der Waals surface area contributed by atoms with Crippen molar-refractivity contribution < 1.29 is 19.2 Å². The van der Waals surface area contributed by atoms with Gasteiger partial charge in [0, 0.05) is 13.1 Å². The van der Waals surface area contributed by atoms with E-state index in [4.69, 9.17) is 9.63 Å². The van der Waals surface area contributed by atoms with E-state index in [2.05, 4.69) is 5.16 Å². The van der Waals surface area contributed by atoms with E-state index in [9.17, 15) is 9.59 Å². The number of hydrogen-bond acceptors (Lipinski definition) is 4. The van der Waals surface area contributed by atoms with E-state index in [0.29, 0.717) is 30.0 Å². The molecule has 0 spiro atoms. The summed E-state index contributed by atoms with van der Waals surface area (Å²) in [6.45, 7) is 6.17. The van der Waals surface area contributed by atoms with E-state index >= 15 is 0 Å². The van der Waals surface area contributed by atoms with Gasteiger partial charge in [-0.3, -0.25) is 9.59 Å². The molecule has 2 rings (SSSR count). The molecule has 0 bridgehead atoms. The van der Waals surface area contributed by atoms with Gasteiger partial charge in [0.25, 0.3) is 5.91 Å². The average molecular weight is 266 g/mol. The highest BCUT2D eigenvalue weighted by Crippen LogP contribution is 2.26. The van der Waals surface area contributed by atoms with E-state index in [1.54, 1.807) is 11.8 Å². The lowest BCUT2D eigenvalue weighted by Gasteiger charge is -2.15. The van der Waals surface area contributed by atoms with Crippen LogP contribution in [0.2, 0.25) is 0 Å². The molecule has 0 radical (unpaired) electrons. The first-order valence-corrected chi connectivity index (χ1v) is 6.42. The lowest BCUT2D eigenvalue weighted by Crippen LogP contribution is -2.30. The molecule has 1 N–H and O–H groups in total. The van der Waals surface area contributed by atoms with Crippen LogP contribution in [0.25, 0.3) is 0 Å². The van der Waals surface area contributed by atoms with Crippen molar-refractivity contribution in [2.45, 2.75) is 27.2 Å². The Balaban J connectivity index is 2.22. The summed E-state index contributed by atoms with van der Waals surface area (Å²) in [5, 5.41) is 13.0. The second kappa shape index (κ2) is 5.03. The molecule has 2 atom stereocenters. The van der Waals surface area contributed by atoms with Crippen molar-refractivity contribution in [2.75, 3.05) is 13.1 Å². The summed E-state index contributed by atoms with van der Waals surface area (Å²) in [5.74, 6) is -1.05. The van der Waals surface area contributed by atoms with Crippen molar-refractivity contribution in [3.63, 3.8) is 0 Å². The normalized spacial score (nSPS) is 22.8. The maximum absolute atomic E-state index is 12.5. The summed E-state index contributed by atoms with van der Waals surface area (Å²) >= 11 is 0. The molecular weight excluding hydrogens is 248 g/mol. The maximum Gasteiger partial charge on any atom is 0.308 e. The molecule has 1 aromatic rings. The van der Waals surface area contributed by atoms with Gasteiger partial charge in [0.15, 0.2) is 0 Å². The Morgan fingerprint density at radius 3 is 2.68 bits per heavy atom. The van der Waals surface area contributed by atoms with Crippen LogP contribution in [-0.4, -0.2) is 40.1 Å². The van der Waals surface area contributed by atoms with Crippen molar-refractivity contribution in [2.24, 2.45) is 11.8 Å². The fourth-order valence-corrected chi connectivity index (χ4v) is 2.55. The molecule has 1 amide bonds. The van der Waals surface area contributed by atoms with Crippen LogP contribution in [0.1, 0.15) is 35.7 Å². The Kier molecular flexibility index (Phi) is 3.59. The number of carboxylic acid groups (broad SMARTS) is 1. The summed E-state index contributed by atoms with van der Waals surface area (Å²) in [6.07, 6.45) is 0.615. The minimum absolute atomic E-state index is 0.0355.